The predicted molar refractivity (Wildman–Crippen MR) is 138 cm³/mol. The van der Waals surface area contributed by atoms with Crippen LogP contribution in [0.15, 0.2) is 53.2 Å². The molecule has 0 aromatic heterocycles. The molecule has 9 heteroatoms. The van der Waals surface area contributed by atoms with Gasteiger partial charge in [0.25, 0.3) is 0 Å². The van der Waals surface area contributed by atoms with Gasteiger partial charge in [-0.15, -0.1) is 0 Å². The van der Waals surface area contributed by atoms with E-state index >= 15 is 0 Å². The molecule has 0 aromatic rings. The minimum absolute atomic E-state index is 0.364. The van der Waals surface area contributed by atoms with Gasteiger partial charge in [0.2, 0.25) is 0 Å². The molecule has 2 rings (SSSR count). The minimum Gasteiger partial charge on any atom is -0.444 e. The van der Waals surface area contributed by atoms with Crippen molar-refractivity contribution in [3.63, 3.8) is 0 Å². The molecule has 0 unspecified atom stereocenters. The highest BCUT2D eigenvalue weighted by molar-refractivity contribution is 6.56. The number of hydrazone groups is 1. The van der Waals surface area contributed by atoms with Gasteiger partial charge in [-0.05, 0) is 72.5 Å². The highest BCUT2D eigenvalue weighted by Crippen LogP contribution is 2.39. The Kier molecular flexibility index (Phi) is 8.48. The molecule has 8 nitrogen and oxygen atoms in total. The molecular formula is C25H41BN4O4. The number of allylic oxidation sites excluding steroid dienone is 6. The van der Waals surface area contributed by atoms with Gasteiger partial charge in [-0.3, -0.25) is 5.01 Å². The molecule has 0 radical (unpaired) electrons. The molecule has 1 heterocycles. The van der Waals surface area contributed by atoms with E-state index in [-0.39, 0.29) is 6.09 Å². The van der Waals surface area contributed by atoms with Gasteiger partial charge in [0.15, 0.2) is 0 Å². The molecule has 2 aliphatic rings. The quantitative estimate of drug-likeness (QED) is 0.399. The average Bonchev–Trinajstić information content (AvgIpc) is 2.94. The van der Waals surface area contributed by atoms with E-state index in [0.717, 1.165) is 16.8 Å². The summed E-state index contributed by atoms with van der Waals surface area (Å²) in [5.41, 5.74) is 1.40. The normalized spacial score (nSPS) is 21.5. The van der Waals surface area contributed by atoms with Crippen LogP contribution in [0.25, 0.3) is 0 Å². The minimum atomic E-state index is -0.533. The molecule has 0 spiro atoms. The second-order valence-corrected chi connectivity index (χ2v) is 10.5. The van der Waals surface area contributed by atoms with Crippen molar-refractivity contribution in [2.75, 3.05) is 27.2 Å². The summed E-state index contributed by atoms with van der Waals surface area (Å²) in [7, 11) is 3.13. The maximum absolute atomic E-state index is 12.2. The van der Waals surface area contributed by atoms with Crippen molar-refractivity contribution in [1.82, 2.24) is 15.0 Å². The summed E-state index contributed by atoms with van der Waals surface area (Å²) in [5, 5.41) is 8.30. The van der Waals surface area contributed by atoms with Crippen LogP contribution in [-0.4, -0.2) is 77.9 Å². The number of carbonyl (C=O) groups is 1. The number of carbonyl (C=O) groups excluding carboxylic acids is 1. The van der Waals surface area contributed by atoms with Crippen LogP contribution >= 0.6 is 0 Å². The Balaban J connectivity index is 2.06. The predicted octanol–water partition coefficient (Wildman–Crippen LogP) is 4.58. The van der Waals surface area contributed by atoms with Gasteiger partial charge in [0, 0.05) is 26.8 Å². The summed E-state index contributed by atoms with van der Waals surface area (Å²) in [6.45, 7) is 20.6. The SMILES string of the molecule is C=CN(CCN(C)C(=O)OC(C)(C)C)N(C)/N=C1/C=CC(B2OC(C)(C)C(C)(C)O2)=C/C1=C/C. The molecule has 0 bridgehead atoms. The molecule has 0 saturated carbocycles. The second-order valence-electron chi connectivity index (χ2n) is 10.5. The highest BCUT2D eigenvalue weighted by Gasteiger charge is 2.52. The number of amides is 1. The van der Waals surface area contributed by atoms with Crippen LogP contribution in [0.1, 0.15) is 55.4 Å². The topological polar surface area (TPSA) is 66.8 Å². The third-order valence-electron chi connectivity index (χ3n) is 6.09. The lowest BCUT2D eigenvalue weighted by Gasteiger charge is -2.32. The molecular weight excluding hydrogens is 431 g/mol. The number of nitrogens with zero attached hydrogens (tertiary/aromatic N) is 4. The fourth-order valence-electron chi connectivity index (χ4n) is 3.27. The smallest absolute Gasteiger partial charge is 0.444 e. The van der Waals surface area contributed by atoms with Crippen LogP contribution in [0.4, 0.5) is 4.79 Å². The maximum Gasteiger partial charge on any atom is 0.494 e. The van der Waals surface area contributed by atoms with E-state index in [4.69, 9.17) is 19.1 Å². The highest BCUT2D eigenvalue weighted by atomic mass is 16.7. The molecule has 1 fully saturated rings. The van der Waals surface area contributed by atoms with Gasteiger partial charge in [-0.2, -0.15) is 5.10 Å². The average molecular weight is 472 g/mol. The zero-order valence-corrected chi connectivity index (χ0v) is 22.5. The Labute approximate surface area is 205 Å². The van der Waals surface area contributed by atoms with Crippen LogP contribution in [0.3, 0.4) is 0 Å². The molecule has 0 N–H and O–H groups in total. The Morgan fingerprint density at radius 1 is 1.15 bits per heavy atom. The zero-order valence-electron chi connectivity index (χ0n) is 22.5. The molecule has 0 aromatic carbocycles. The number of hydrogen-bond donors (Lipinski definition) is 0. The third-order valence-corrected chi connectivity index (χ3v) is 6.09. The fourth-order valence-corrected chi connectivity index (χ4v) is 3.27. The summed E-state index contributed by atoms with van der Waals surface area (Å²) < 4.78 is 17.8. The van der Waals surface area contributed by atoms with Crippen molar-refractivity contribution in [2.24, 2.45) is 5.10 Å². The lowest BCUT2D eigenvalue weighted by Crippen LogP contribution is -2.41. The second kappa shape index (κ2) is 10.4. The Bertz CT molecular complexity index is 883. The van der Waals surface area contributed by atoms with Crippen LogP contribution in [-0.2, 0) is 14.0 Å². The number of rotatable bonds is 7. The van der Waals surface area contributed by atoms with Crippen molar-refractivity contribution >= 4 is 18.9 Å². The lowest BCUT2D eigenvalue weighted by atomic mass is 9.74. The number of ether oxygens (including phenoxy) is 1. The number of hydrazine groups is 1. The fraction of sp³-hybridized carbons (Fsp3) is 0.600. The Hall–Kier alpha value is -2.52. The summed E-state index contributed by atoms with van der Waals surface area (Å²) in [4.78, 5) is 13.8. The summed E-state index contributed by atoms with van der Waals surface area (Å²) in [5.74, 6) is 0. The van der Waals surface area contributed by atoms with Crippen LogP contribution < -0.4 is 0 Å². The Morgan fingerprint density at radius 2 is 1.74 bits per heavy atom. The van der Waals surface area contributed by atoms with Crippen molar-refractivity contribution < 1.29 is 18.8 Å². The molecule has 188 valence electrons. The monoisotopic (exact) mass is 472 g/mol. The van der Waals surface area contributed by atoms with Gasteiger partial charge < -0.3 is 18.9 Å². The van der Waals surface area contributed by atoms with E-state index in [9.17, 15) is 4.79 Å². The van der Waals surface area contributed by atoms with Crippen molar-refractivity contribution in [3.8, 4) is 0 Å². The first kappa shape index (κ1) is 27.7. The van der Waals surface area contributed by atoms with E-state index in [1.54, 1.807) is 23.3 Å². The van der Waals surface area contributed by atoms with Crippen LogP contribution in [0, 0.1) is 0 Å². The van der Waals surface area contributed by atoms with Gasteiger partial charge in [-0.25, -0.2) is 9.91 Å². The first-order chi connectivity index (χ1) is 15.6. The Morgan fingerprint density at radius 3 is 2.24 bits per heavy atom. The largest absolute Gasteiger partial charge is 0.494 e. The number of hydrogen-bond acceptors (Lipinski definition) is 7. The van der Waals surface area contributed by atoms with Crippen LogP contribution in [0.5, 0.6) is 0 Å². The van der Waals surface area contributed by atoms with E-state index in [0.29, 0.717) is 13.1 Å². The van der Waals surface area contributed by atoms with Crippen molar-refractivity contribution in [2.45, 2.75) is 72.2 Å². The molecule has 1 aliphatic carbocycles. The summed E-state index contributed by atoms with van der Waals surface area (Å²) in [6.07, 6.45) is 9.31. The zero-order chi connectivity index (χ0) is 25.9. The van der Waals surface area contributed by atoms with Gasteiger partial charge in [0.05, 0.1) is 23.5 Å². The van der Waals surface area contributed by atoms with Crippen molar-refractivity contribution in [3.05, 3.63) is 48.1 Å². The molecule has 0 atom stereocenters. The van der Waals surface area contributed by atoms with Crippen LogP contribution in [0.2, 0.25) is 0 Å². The van der Waals surface area contributed by atoms with Gasteiger partial charge in [0.1, 0.15) is 5.60 Å². The molecule has 1 amide bonds. The molecule has 1 aliphatic heterocycles. The van der Waals surface area contributed by atoms with E-state index in [2.05, 4.69) is 6.58 Å². The number of likely N-dealkylation sites (N-methyl/N-ethyl adjacent to an activating group) is 1. The lowest BCUT2D eigenvalue weighted by molar-refractivity contribution is 0.00578. The standard InChI is InChI=1S/C25H41BN4O4/c1-12-19-18-20(26-33-24(6,7)25(8,9)34-26)14-15-21(19)27-29(11)30(13-2)17-16-28(10)22(31)32-23(3,4)5/h12-15,18H,2,16-17H2,1,3-11H3/b19-12-,27-21-. The maximum atomic E-state index is 12.2. The van der Waals surface area contributed by atoms with Crippen molar-refractivity contribution in [1.29, 1.82) is 0 Å². The van der Waals surface area contributed by atoms with E-state index < -0.39 is 23.9 Å². The van der Waals surface area contributed by atoms with Gasteiger partial charge in [-0.1, -0.05) is 24.8 Å². The van der Waals surface area contributed by atoms with E-state index in [1.807, 2.05) is 91.8 Å². The molecule has 1 saturated heterocycles. The summed E-state index contributed by atoms with van der Waals surface area (Å²) >= 11 is 0. The first-order valence-corrected chi connectivity index (χ1v) is 11.7. The van der Waals surface area contributed by atoms with E-state index in [1.165, 1.54) is 0 Å². The third kappa shape index (κ3) is 6.76. The summed E-state index contributed by atoms with van der Waals surface area (Å²) in [6, 6.07) is 0. The molecule has 34 heavy (non-hydrogen) atoms. The van der Waals surface area contributed by atoms with Gasteiger partial charge >= 0.3 is 13.2 Å². The first-order valence-electron chi connectivity index (χ1n) is 11.7.